The van der Waals surface area contributed by atoms with Crippen LogP contribution in [0.2, 0.25) is 0 Å². The van der Waals surface area contributed by atoms with E-state index in [0.29, 0.717) is 54.5 Å². The van der Waals surface area contributed by atoms with Crippen LogP contribution in [0, 0.1) is 31.0 Å². The summed E-state index contributed by atoms with van der Waals surface area (Å²) in [6.45, 7) is 5.77. The molecule has 2 aliphatic heterocycles. The third-order valence-electron chi connectivity index (χ3n) is 8.56. The van der Waals surface area contributed by atoms with Crippen molar-refractivity contribution in [2.75, 3.05) is 40.9 Å². The molecule has 4 heterocycles. The lowest BCUT2D eigenvalue weighted by atomic mass is 10.0. The van der Waals surface area contributed by atoms with Crippen LogP contribution in [0.5, 0.6) is 0 Å². The number of pyridine rings is 1. The Hall–Kier alpha value is -4.93. The standard InChI is InChI=1S/C33H30FN7O3S2/c1-20-25(29(36(3)30(42)26(20)19-35)39-16-14-38(15-17-39)23-12-10-22(34)11-13-23)18-27-31(43)40(33(45)46-27)28-21(2)37(4)41(32(28)44)24-8-6-5-7-9-24/h5-13,18H,14-17H2,1-4H3. The first-order valence-electron chi connectivity index (χ1n) is 14.5. The first kappa shape index (κ1) is 31.1. The van der Waals surface area contributed by atoms with Gasteiger partial charge in [0.15, 0.2) is 4.32 Å². The molecule has 0 radical (unpaired) electrons. The van der Waals surface area contributed by atoms with Gasteiger partial charge in [-0.2, -0.15) is 5.26 Å². The van der Waals surface area contributed by atoms with Gasteiger partial charge < -0.3 is 9.80 Å². The first-order valence-corrected chi connectivity index (χ1v) is 15.8. The van der Waals surface area contributed by atoms with E-state index in [-0.39, 0.29) is 31.9 Å². The van der Waals surface area contributed by atoms with Crippen LogP contribution in [0.4, 0.5) is 21.6 Å². The Labute approximate surface area is 274 Å². The molecular formula is C33H30FN7O3S2. The Kier molecular flexibility index (Phi) is 8.18. The SMILES string of the molecule is Cc1c(C=C2SC(=S)N(c3c(C)n(C)n(-c4ccccc4)c3=O)C2=O)c(N2CCN(c3ccc(F)cc3)CC2)n(C)c(=O)c1C#N. The number of benzene rings is 2. The highest BCUT2D eigenvalue weighted by Crippen LogP contribution is 2.38. The number of anilines is 3. The van der Waals surface area contributed by atoms with Crippen molar-refractivity contribution in [3.8, 4) is 11.8 Å². The molecule has 234 valence electrons. The summed E-state index contributed by atoms with van der Waals surface area (Å²) in [5, 5.41) is 9.89. The van der Waals surface area contributed by atoms with Gasteiger partial charge in [-0.15, -0.1) is 0 Å². The molecule has 2 saturated heterocycles. The number of hydrogen-bond acceptors (Lipinski definition) is 8. The minimum absolute atomic E-state index is 0.0115. The number of aromatic nitrogens is 3. The van der Waals surface area contributed by atoms with Gasteiger partial charge in [0.2, 0.25) is 0 Å². The van der Waals surface area contributed by atoms with Crippen molar-refractivity contribution in [2.45, 2.75) is 13.8 Å². The lowest BCUT2D eigenvalue weighted by molar-refractivity contribution is -0.113. The molecule has 10 nitrogen and oxygen atoms in total. The molecule has 0 N–H and O–H groups in total. The van der Waals surface area contributed by atoms with Gasteiger partial charge >= 0.3 is 0 Å². The molecule has 0 saturated carbocycles. The second kappa shape index (κ2) is 12.1. The number of carbonyl (C=O) groups excluding carboxylic acids is 1. The third-order valence-corrected chi connectivity index (χ3v) is 9.86. The quantitative estimate of drug-likeness (QED) is 0.233. The molecule has 0 unspecified atom stereocenters. The van der Waals surface area contributed by atoms with E-state index in [4.69, 9.17) is 12.2 Å². The predicted octanol–water partition coefficient (Wildman–Crippen LogP) is 4.23. The number of nitriles is 1. The summed E-state index contributed by atoms with van der Waals surface area (Å²) in [7, 11) is 3.37. The summed E-state index contributed by atoms with van der Waals surface area (Å²) >= 11 is 6.73. The van der Waals surface area contributed by atoms with Crippen LogP contribution in [0.1, 0.15) is 22.4 Å². The van der Waals surface area contributed by atoms with Crippen LogP contribution in [-0.2, 0) is 18.9 Å². The molecule has 0 spiro atoms. The monoisotopic (exact) mass is 655 g/mol. The number of thioether (sulfide) groups is 1. The number of thiocarbonyl (C=S) groups is 1. The van der Waals surface area contributed by atoms with E-state index in [2.05, 4.69) is 9.80 Å². The lowest BCUT2D eigenvalue weighted by Gasteiger charge is -2.38. The Balaban J connectivity index is 1.39. The lowest BCUT2D eigenvalue weighted by Crippen LogP contribution is -2.48. The molecule has 2 aliphatic rings. The normalized spacial score (nSPS) is 16.1. The van der Waals surface area contributed by atoms with Gasteiger partial charge in [-0.05, 0) is 61.9 Å². The van der Waals surface area contributed by atoms with Crippen LogP contribution >= 0.6 is 24.0 Å². The van der Waals surface area contributed by atoms with Gasteiger partial charge in [-0.3, -0.25) is 28.5 Å². The van der Waals surface area contributed by atoms with Crippen LogP contribution in [0.25, 0.3) is 11.8 Å². The highest BCUT2D eigenvalue weighted by atomic mass is 32.2. The summed E-state index contributed by atoms with van der Waals surface area (Å²) in [5.41, 5.74) is 2.48. The second-order valence-corrected chi connectivity index (χ2v) is 12.8. The number of para-hydroxylation sites is 1. The molecule has 0 bridgehead atoms. The van der Waals surface area contributed by atoms with Gasteiger partial charge in [-0.25, -0.2) is 9.07 Å². The van der Waals surface area contributed by atoms with E-state index in [0.717, 1.165) is 17.4 Å². The number of rotatable bonds is 5. The molecule has 0 atom stereocenters. The van der Waals surface area contributed by atoms with Crippen LogP contribution in [0.15, 0.2) is 69.1 Å². The zero-order chi connectivity index (χ0) is 32.9. The largest absolute Gasteiger partial charge is 0.368 e. The summed E-state index contributed by atoms with van der Waals surface area (Å²) in [6, 6.07) is 17.5. The average Bonchev–Trinajstić information content (AvgIpc) is 3.45. The maximum atomic E-state index is 14.0. The first-order chi connectivity index (χ1) is 22.0. The van der Waals surface area contributed by atoms with Crippen LogP contribution in [-0.4, -0.2) is 50.3 Å². The minimum atomic E-state index is -0.458. The fraction of sp³-hybridized carbons (Fsp3) is 0.242. The fourth-order valence-electron chi connectivity index (χ4n) is 6.03. The minimum Gasteiger partial charge on any atom is -0.368 e. The third kappa shape index (κ3) is 5.13. The summed E-state index contributed by atoms with van der Waals surface area (Å²) in [6.07, 6.45) is 1.67. The second-order valence-electron chi connectivity index (χ2n) is 11.1. The van der Waals surface area contributed by atoms with E-state index in [9.17, 15) is 24.0 Å². The van der Waals surface area contributed by atoms with E-state index >= 15 is 0 Å². The van der Waals surface area contributed by atoms with Crippen molar-refractivity contribution in [1.29, 1.82) is 5.26 Å². The number of nitrogens with zero attached hydrogens (tertiary/aromatic N) is 7. The van der Waals surface area contributed by atoms with E-state index in [1.165, 1.54) is 26.3 Å². The molecule has 46 heavy (non-hydrogen) atoms. The molecule has 2 aromatic carbocycles. The number of piperazine rings is 1. The van der Waals surface area contributed by atoms with Gasteiger partial charge in [0.1, 0.15) is 29.0 Å². The van der Waals surface area contributed by atoms with Crippen molar-refractivity contribution in [3.63, 3.8) is 0 Å². The zero-order valence-electron chi connectivity index (χ0n) is 25.7. The van der Waals surface area contributed by atoms with Crippen molar-refractivity contribution in [1.82, 2.24) is 13.9 Å². The van der Waals surface area contributed by atoms with Crippen LogP contribution in [0.3, 0.4) is 0 Å². The van der Waals surface area contributed by atoms with Crippen molar-refractivity contribution < 1.29 is 9.18 Å². The molecular weight excluding hydrogens is 626 g/mol. The van der Waals surface area contributed by atoms with Crippen molar-refractivity contribution >= 4 is 57.5 Å². The maximum absolute atomic E-state index is 14.0. The summed E-state index contributed by atoms with van der Waals surface area (Å²) in [5.74, 6) is -0.183. The van der Waals surface area contributed by atoms with Crippen molar-refractivity contribution in [3.05, 3.63) is 108 Å². The summed E-state index contributed by atoms with van der Waals surface area (Å²) < 4.78 is 18.3. The number of hydrogen-bond donors (Lipinski definition) is 0. The van der Waals surface area contributed by atoms with Gasteiger partial charge in [-0.1, -0.05) is 42.2 Å². The Morgan fingerprint density at radius 1 is 0.891 bits per heavy atom. The molecule has 13 heteroatoms. The molecule has 0 aliphatic carbocycles. The van der Waals surface area contributed by atoms with Crippen molar-refractivity contribution in [2.24, 2.45) is 14.1 Å². The molecule has 2 fully saturated rings. The number of carbonyl (C=O) groups is 1. The van der Waals surface area contributed by atoms with Gasteiger partial charge in [0, 0.05) is 51.5 Å². The maximum Gasteiger partial charge on any atom is 0.296 e. The predicted molar refractivity (Wildman–Crippen MR) is 183 cm³/mol. The summed E-state index contributed by atoms with van der Waals surface area (Å²) in [4.78, 5) is 46.8. The molecule has 1 amide bonds. The van der Waals surface area contributed by atoms with E-state index < -0.39 is 11.5 Å². The Morgan fingerprint density at radius 2 is 1.52 bits per heavy atom. The molecule has 4 aromatic rings. The fourth-order valence-corrected chi connectivity index (χ4v) is 7.28. The molecule has 2 aromatic heterocycles. The molecule has 6 rings (SSSR count). The zero-order valence-corrected chi connectivity index (χ0v) is 27.3. The number of halogens is 1. The number of amides is 1. The van der Waals surface area contributed by atoms with E-state index in [1.54, 1.807) is 50.8 Å². The topological polar surface area (TPSA) is 99.5 Å². The highest BCUT2D eigenvalue weighted by Gasteiger charge is 2.38. The smallest absolute Gasteiger partial charge is 0.296 e. The van der Waals surface area contributed by atoms with Crippen LogP contribution < -0.4 is 25.8 Å². The van der Waals surface area contributed by atoms with Gasteiger partial charge in [0.05, 0.1) is 16.3 Å². The Bertz CT molecular complexity index is 2080. The highest BCUT2D eigenvalue weighted by molar-refractivity contribution is 8.27. The average molecular weight is 656 g/mol. The van der Waals surface area contributed by atoms with E-state index in [1.807, 2.05) is 36.4 Å². The Morgan fingerprint density at radius 3 is 2.15 bits per heavy atom. The van der Waals surface area contributed by atoms with Gasteiger partial charge in [0.25, 0.3) is 17.0 Å².